The highest BCUT2D eigenvalue weighted by Crippen LogP contribution is 2.27. The lowest BCUT2D eigenvalue weighted by atomic mass is 10.4. The number of nitrogens with one attached hydrogen (secondary N) is 1. The molecule has 1 N–H and O–H groups in total. The zero-order valence-electron chi connectivity index (χ0n) is 10.5. The van der Waals surface area contributed by atoms with E-state index in [1.807, 2.05) is 0 Å². The summed E-state index contributed by atoms with van der Waals surface area (Å²) in [5, 5.41) is 0. The van der Waals surface area contributed by atoms with Crippen LogP contribution in [0.15, 0.2) is 53.4 Å². The summed E-state index contributed by atoms with van der Waals surface area (Å²) in [5.74, 6) is 0.648. The monoisotopic (exact) mass is 340 g/mol. The highest BCUT2D eigenvalue weighted by molar-refractivity contribution is 7.94. The van der Waals surface area contributed by atoms with Crippen LogP contribution in [0.2, 0.25) is 4.34 Å². The van der Waals surface area contributed by atoms with Gasteiger partial charge in [-0.15, -0.1) is 11.3 Å². The Bertz CT molecular complexity index is 842. The van der Waals surface area contributed by atoms with Crippen molar-refractivity contribution in [2.45, 2.75) is 4.21 Å². The molecular formula is C12H9ClN4O2S2. The van der Waals surface area contributed by atoms with Crippen LogP contribution in [-0.4, -0.2) is 23.0 Å². The van der Waals surface area contributed by atoms with Crippen LogP contribution in [0.25, 0.3) is 5.82 Å². The second-order valence-electron chi connectivity index (χ2n) is 4.04. The second kappa shape index (κ2) is 5.47. The van der Waals surface area contributed by atoms with Crippen LogP contribution < -0.4 is 4.72 Å². The summed E-state index contributed by atoms with van der Waals surface area (Å²) >= 11 is 6.75. The third kappa shape index (κ3) is 3.07. The molecular weight excluding hydrogens is 332 g/mol. The molecule has 3 heterocycles. The molecule has 0 aromatic carbocycles. The molecule has 0 atom stereocenters. The minimum Gasteiger partial charge on any atom is -0.291 e. The van der Waals surface area contributed by atoms with Crippen molar-refractivity contribution >= 4 is 38.6 Å². The zero-order valence-corrected chi connectivity index (χ0v) is 12.9. The van der Waals surface area contributed by atoms with Crippen LogP contribution in [0.5, 0.6) is 0 Å². The molecule has 0 radical (unpaired) electrons. The van der Waals surface area contributed by atoms with Gasteiger partial charge in [0.05, 0.1) is 16.2 Å². The van der Waals surface area contributed by atoms with E-state index in [9.17, 15) is 8.42 Å². The maximum atomic E-state index is 12.1. The number of hydrogen-bond donors (Lipinski definition) is 1. The van der Waals surface area contributed by atoms with E-state index in [4.69, 9.17) is 11.6 Å². The molecule has 3 rings (SSSR count). The molecule has 21 heavy (non-hydrogen) atoms. The van der Waals surface area contributed by atoms with E-state index in [1.54, 1.807) is 41.5 Å². The molecule has 6 nitrogen and oxygen atoms in total. The number of nitrogens with zero attached hydrogens (tertiary/aromatic N) is 3. The smallest absolute Gasteiger partial charge is 0.271 e. The third-order valence-corrected chi connectivity index (χ3v) is 5.69. The van der Waals surface area contributed by atoms with Gasteiger partial charge in [-0.3, -0.25) is 9.29 Å². The fraction of sp³-hybridized carbons (Fsp3) is 0. The molecule has 9 heteroatoms. The number of imidazole rings is 1. The van der Waals surface area contributed by atoms with Gasteiger partial charge in [0.25, 0.3) is 10.0 Å². The van der Waals surface area contributed by atoms with Crippen LogP contribution in [0.4, 0.5) is 5.69 Å². The minimum atomic E-state index is -3.63. The Morgan fingerprint density at radius 2 is 2.10 bits per heavy atom. The van der Waals surface area contributed by atoms with Crippen LogP contribution in [0, 0.1) is 0 Å². The van der Waals surface area contributed by atoms with Crippen molar-refractivity contribution in [1.29, 1.82) is 0 Å². The molecule has 3 aromatic rings. The van der Waals surface area contributed by atoms with Gasteiger partial charge in [0.1, 0.15) is 16.4 Å². The zero-order chi connectivity index (χ0) is 14.9. The third-order valence-electron chi connectivity index (χ3n) is 2.58. The largest absolute Gasteiger partial charge is 0.291 e. The van der Waals surface area contributed by atoms with Gasteiger partial charge < -0.3 is 0 Å². The van der Waals surface area contributed by atoms with Crippen molar-refractivity contribution in [2.75, 3.05) is 4.72 Å². The average Bonchev–Trinajstić information content (AvgIpc) is 3.10. The minimum absolute atomic E-state index is 0.159. The maximum absolute atomic E-state index is 12.1. The lowest BCUT2D eigenvalue weighted by Gasteiger charge is -2.07. The maximum Gasteiger partial charge on any atom is 0.271 e. The van der Waals surface area contributed by atoms with Gasteiger partial charge in [-0.2, -0.15) is 0 Å². The molecule has 0 fully saturated rings. The Balaban J connectivity index is 1.82. The number of halogens is 1. The van der Waals surface area contributed by atoms with Gasteiger partial charge in [-0.1, -0.05) is 11.6 Å². The van der Waals surface area contributed by atoms with Crippen molar-refractivity contribution in [2.24, 2.45) is 0 Å². The molecule has 0 aliphatic carbocycles. The van der Waals surface area contributed by atoms with Gasteiger partial charge in [-0.25, -0.2) is 18.4 Å². The summed E-state index contributed by atoms with van der Waals surface area (Å²) in [6, 6.07) is 6.33. The molecule has 0 saturated heterocycles. The fourth-order valence-corrected chi connectivity index (χ4v) is 4.17. The lowest BCUT2D eigenvalue weighted by molar-refractivity contribution is 0.603. The Morgan fingerprint density at radius 1 is 1.24 bits per heavy atom. The summed E-state index contributed by atoms with van der Waals surface area (Å²) in [6.07, 6.45) is 6.45. The van der Waals surface area contributed by atoms with E-state index in [1.165, 1.54) is 12.3 Å². The number of aromatic nitrogens is 3. The molecule has 3 aromatic heterocycles. The quantitative estimate of drug-likeness (QED) is 0.792. The first-order chi connectivity index (χ1) is 10.0. The summed E-state index contributed by atoms with van der Waals surface area (Å²) in [4.78, 5) is 8.10. The number of anilines is 1. The van der Waals surface area contributed by atoms with Crippen molar-refractivity contribution in [3.63, 3.8) is 0 Å². The van der Waals surface area contributed by atoms with E-state index >= 15 is 0 Å². The first-order valence-corrected chi connectivity index (χ1v) is 8.45. The first kappa shape index (κ1) is 14.1. The van der Waals surface area contributed by atoms with E-state index in [0.717, 1.165) is 11.3 Å². The Kier molecular flexibility index (Phi) is 3.66. The van der Waals surface area contributed by atoms with Gasteiger partial charge in [-0.05, 0) is 24.3 Å². The van der Waals surface area contributed by atoms with E-state index in [0.29, 0.717) is 15.8 Å². The van der Waals surface area contributed by atoms with Crippen LogP contribution in [-0.2, 0) is 10.0 Å². The number of pyridine rings is 1. The Labute approximate surface area is 130 Å². The second-order valence-corrected chi connectivity index (χ2v) is 7.66. The molecule has 0 bridgehead atoms. The number of rotatable bonds is 4. The Hall–Kier alpha value is -1.90. The van der Waals surface area contributed by atoms with Crippen molar-refractivity contribution in [3.05, 3.63) is 53.5 Å². The standard InChI is InChI=1S/C12H9ClN4O2S2/c13-10-2-4-12(20-10)21(18,19)16-9-1-3-11(15-7-9)17-6-5-14-8-17/h1-8,16H. The average molecular weight is 341 g/mol. The number of hydrogen-bond acceptors (Lipinski definition) is 5. The predicted octanol–water partition coefficient (Wildman–Crippen LogP) is 2.78. The summed E-state index contributed by atoms with van der Waals surface area (Å²) < 4.78 is 29.0. The number of sulfonamides is 1. The molecule has 0 aliphatic heterocycles. The molecule has 108 valence electrons. The predicted molar refractivity (Wildman–Crippen MR) is 81.5 cm³/mol. The van der Waals surface area contributed by atoms with Gasteiger partial charge >= 0.3 is 0 Å². The summed E-state index contributed by atoms with van der Waals surface area (Å²) in [6.45, 7) is 0. The van der Waals surface area contributed by atoms with E-state index < -0.39 is 10.0 Å². The van der Waals surface area contributed by atoms with Crippen molar-refractivity contribution in [3.8, 4) is 5.82 Å². The highest BCUT2D eigenvalue weighted by atomic mass is 35.5. The lowest BCUT2D eigenvalue weighted by Crippen LogP contribution is -2.11. The van der Waals surface area contributed by atoms with Crippen molar-refractivity contribution < 1.29 is 8.42 Å². The normalized spacial score (nSPS) is 11.5. The topological polar surface area (TPSA) is 76.9 Å². The Morgan fingerprint density at radius 3 is 2.67 bits per heavy atom. The van der Waals surface area contributed by atoms with Gasteiger partial charge in [0, 0.05) is 12.4 Å². The number of thiophene rings is 1. The molecule has 0 spiro atoms. The molecule has 0 unspecified atom stereocenters. The van der Waals surface area contributed by atoms with Crippen LogP contribution in [0.3, 0.4) is 0 Å². The summed E-state index contributed by atoms with van der Waals surface area (Å²) in [5.41, 5.74) is 0.378. The van der Waals surface area contributed by atoms with E-state index in [-0.39, 0.29) is 4.21 Å². The van der Waals surface area contributed by atoms with Crippen molar-refractivity contribution in [1.82, 2.24) is 14.5 Å². The van der Waals surface area contributed by atoms with Gasteiger partial charge in [0.15, 0.2) is 0 Å². The van der Waals surface area contributed by atoms with Crippen LogP contribution >= 0.6 is 22.9 Å². The molecule has 0 aliphatic rings. The summed E-state index contributed by atoms with van der Waals surface area (Å²) in [7, 11) is -3.63. The van der Waals surface area contributed by atoms with E-state index in [2.05, 4.69) is 14.7 Å². The molecule has 0 amide bonds. The fourth-order valence-electron chi connectivity index (χ4n) is 1.64. The SMILES string of the molecule is O=S(=O)(Nc1ccc(-n2ccnc2)nc1)c1ccc(Cl)s1. The highest BCUT2D eigenvalue weighted by Gasteiger charge is 2.16. The van der Waals surface area contributed by atoms with Crippen LogP contribution in [0.1, 0.15) is 0 Å². The first-order valence-electron chi connectivity index (χ1n) is 5.77. The molecule has 0 saturated carbocycles. The van der Waals surface area contributed by atoms with Gasteiger partial charge in [0.2, 0.25) is 0 Å².